The first kappa shape index (κ1) is 17.4. The Morgan fingerprint density at radius 2 is 1.96 bits per heavy atom. The zero-order chi connectivity index (χ0) is 16.8. The number of carbonyl (C=O) groups is 2. The molecule has 0 unspecified atom stereocenters. The summed E-state index contributed by atoms with van der Waals surface area (Å²) in [5, 5.41) is 0. The minimum absolute atomic E-state index is 0.0207. The Morgan fingerprint density at radius 1 is 1.26 bits per heavy atom. The zero-order valence-corrected chi connectivity index (χ0v) is 13.6. The number of morpholine rings is 1. The van der Waals surface area contributed by atoms with E-state index < -0.39 is 0 Å². The van der Waals surface area contributed by atoms with Crippen molar-refractivity contribution in [2.75, 3.05) is 33.8 Å². The van der Waals surface area contributed by atoms with Crippen LogP contribution >= 0.6 is 0 Å². The molecule has 2 amide bonds. The predicted octanol–water partition coefficient (Wildman–Crippen LogP) is 1.46. The van der Waals surface area contributed by atoms with Crippen LogP contribution in [0, 0.1) is 5.82 Å². The van der Waals surface area contributed by atoms with Gasteiger partial charge in [-0.05, 0) is 17.7 Å². The molecule has 0 aliphatic carbocycles. The van der Waals surface area contributed by atoms with Crippen LogP contribution in [0.1, 0.15) is 18.4 Å². The minimum atomic E-state index is -0.263. The van der Waals surface area contributed by atoms with Crippen molar-refractivity contribution < 1.29 is 18.7 Å². The molecule has 1 aliphatic rings. The molecule has 1 aromatic rings. The number of hydrogen-bond donors (Lipinski definition) is 0. The van der Waals surface area contributed by atoms with Gasteiger partial charge in [0.1, 0.15) is 5.82 Å². The second kappa shape index (κ2) is 8.06. The van der Waals surface area contributed by atoms with Crippen LogP contribution in [0.4, 0.5) is 4.39 Å². The molecule has 1 fully saturated rings. The quantitative estimate of drug-likeness (QED) is 0.825. The molecule has 1 aliphatic heterocycles. The lowest BCUT2D eigenvalue weighted by molar-refractivity contribution is -0.141. The minimum Gasteiger partial charge on any atom is -0.374 e. The van der Waals surface area contributed by atoms with Crippen LogP contribution in [0.15, 0.2) is 24.3 Å². The molecule has 1 atom stereocenters. The van der Waals surface area contributed by atoms with Crippen molar-refractivity contribution in [3.05, 3.63) is 35.6 Å². The maximum atomic E-state index is 12.9. The highest BCUT2D eigenvalue weighted by Crippen LogP contribution is 2.14. The van der Waals surface area contributed by atoms with Crippen molar-refractivity contribution in [3.8, 4) is 0 Å². The van der Waals surface area contributed by atoms with Crippen molar-refractivity contribution in [2.45, 2.75) is 25.4 Å². The SMILES string of the molecule is CN(C)C(=O)CCC(=O)N1CCO[C@@H](Cc2ccc(F)cc2)C1. The smallest absolute Gasteiger partial charge is 0.223 e. The summed E-state index contributed by atoms with van der Waals surface area (Å²) >= 11 is 0. The Kier molecular flexibility index (Phi) is 6.10. The van der Waals surface area contributed by atoms with Crippen LogP contribution in [0.5, 0.6) is 0 Å². The Balaban J connectivity index is 1.83. The second-order valence-electron chi connectivity index (χ2n) is 5.95. The first-order chi connectivity index (χ1) is 11.0. The van der Waals surface area contributed by atoms with E-state index in [9.17, 15) is 14.0 Å². The molecule has 5 nitrogen and oxygen atoms in total. The molecule has 23 heavy (non-hydrogen) atoms. The number of carbonyl (C=O) groups excluding carboxylic acids is 2. The van der Waals surface area contributed by atoms with Crippen molar-refractivity contribution >= 4 is 11.8 Å². The number of ether oxygens (including phenoxy) is 1. The van der Waals surface area contributed by atoms with Gasteiger partial charge in [-0.25, -0.2) is 4.39 Å². The maximum Gasteiger partial charge on any atom is 0.223 e. The molecule has 0 spiro atoms. The summed E-state index contributed by atoms with van der Waals surface area (Å²) in [5.74, 6) is -0.331. The third-order valence-electron chi connectivity index (χ3n) is 3.92. The third kappa shape index (κ3) is 5.32. The zero-order valence-electron chi connectivity index (χ0n) is 13.6. The number of nitrogens with zero attached hydrogens (tertiary/aromatic N) is 2. The number of halogens is 1. The molecule has 0 N–H and O–H groups in total. The number of hydrogen-bond acceptors (Lipinski definition) is 3. The van der Waals surface area contributed by atoms with Gasteiger partial charge in [0.2, 0.25) is 11.8 Å². The first-order valence-electron chi connectivity index (χ1n) is 7.79. The molecule has 0 aromatic heterocycles. The standard InChI is InChI=1S/C17H23FN2O3/c1-19(2)16(21)7-8-17(22)20-9-10-23-15(12-20)11-13-3-5-14(18)6-4-13/h3-6,15H,7-12H2,1-2H3/t15-/m0/s1. The van der Waals surface area contributed by atoms with Gasteiger partial charge in [-0.1, -0.05) is 12.1 Å². The lowest BCUT2D eigenvalue weighted by Gasteiger charge is -2.33. The van der Waals surface area contributed by atoms with E-state index in [0.717, 1.165) is 5.56 Å². The van der Waals surface area contributed by atoms with E-state index >= 15 is 0 Å². The summed E-state index contributed by atoms with van der Waals surface area (Å²) in [7, 11) is 3.36. The summed E-state index contributed by atoms with van der Waals surface area (Å²) in [5.41, 5.74) is 0.980. The molecule has 0 radical (unpaired) electrons. The van der Waals surface area contributed by atoms with Gasteiger partial charge in [-0.15, -0.1) is 0 Å². The van der Waals surface area contributed by atoms with Crippen molar-refractivity contribution in [3.63, 3.8) is 0 Å². The molecular formula is C17H23FN2O3. The summed E-state index contributed by atoms with van der Waals surface area (Å²) < 4.78 is 18.6. The molecule has 0 bridgehead atoms. The normalized spacial score (nSPS) is 17.9. The van der Waals surface area contributed by atoms with Crippen LogP contribution in [0.3, 0.4) is 0 Å². The largest absolute Gasteiger partial charge is 0.374 e. The number of amides is 2. The Morgan fingerprint density at radius 3 is 2.61 bits per heavy atom. The molecule has 1 aromatic carbocycles. The predicted molar refractivity (Wildman–Crippen MR) is 84.4 cm³/mol. The molecule has 0 saturated carbocycles. The lowest BCUT2D eigenvalue weighted by atomic mass is 10.1. The number of benzene rings is 1. The van der Waals surface area contributed by atoms with Gasteiger partial charge in [0.15, 0.2) is 0 Å². The molecule has 126 valence electrons. The lowest BCUT2D eigenvalue weighted by Crippen LogP contribution is -2.46. The fourth-order valence-electron chi connectivity index (χ4n) is 2.55. The summed E-state index contributed by atoms with van der Waals surface area (Å²) in [6.07, 6.45) is 0.995. The average Bonchev–Trinajstić information content (AvgIpc) is 2.54. The van der Waals surface area contributed by atoms with Crippen molar-refractivity contribution in [1.29, 1.82) is 0 Å². The van der Waals surface area contributed by atoms with E-state index in [-0.39, 0.29) is 36.6 Å². The van der Waals surface area contributed by atoms with Crippen LogP contribution < -0.4 is 0 Å². The molecule has 1 heterocycles. The maximum absolute atomic E-state index is 12.9. The Bertz CT molecular complexity index is 545. The Hall–Kier alpha value is -1.95. The van der Waals surface area contributed by atoms with Gasteiger partial charge in [-0.2, -0.15) is 0 Å². The van der Waals surface area contributed by atoms with E-state index in [1.807, 2.05) is 0 Å². The highest BCUT2D eigenvalue weighted by Gasteiger charge is 2.24. The van der Waals surface area contributed by atoms with Gasteiger partial charge >= 0.3 is 0 Å². The highest BCUT2D eigenvalue weighted by molar-refractivity contribution is 5.83. The van der Waals surface area contributed by atoms with Crippen LogP contribution in [-0.2, 0) is 20.7 Å². The topological polar surface area (TPSA) is 49.9 Å². The van der Waals surface area contributed by atoms with E-state index in [1.165, 1.54) is 17.0 Å². The van der Waals surface area contributed by atoms with Crippen LogP contribution in [0.25, 0.3) is 0 Å². The molecule has 2 rings (SSSR count). The third-order valence-corrected chi connectivity index (χ3v) is 3.92. The van der Waals surface area contributed by atoms with E-state index in [1.54, 1.807) is 31.1 Å². The molecule has 6 heteroatoms. The van der Waals surface area contributed by atoms with Crippen molar-refractivity contribution in [1.82, 2.24) is 9.80 Å². The van der Waals surface area contributed by atoms with Gasteiger partial charge in [0, 0.05) is 46.4 Å². The van der Waals surface area contributed by atoms with E-state index in [0.29, 0.717) is 26.1 Å². The highest BCUT2D eigenvalue weighted by atomic mass is 19.1. The molecular weight excluding hydrogens is 299 g/mol. The Labute approximate surface area is 136 Å². The first-order valence-corrected chi connectivity index (χ1v) is 7.79. The summed E-state index contributed by atoms with van der Waals surface area (Å²) in [6, 6.07) is 6.31. The van der Waals surface area contributed by atoms with Crippen molar-refractivity contribution in [2.24, 2.45) is 0 Å². The summed E-state index contributed by atoms with van der Waals surface area (Å²) in [4.78, 5) is 27.0. The average molecular weight is 322 g/mol. The van der Waals surface area contributed by atoms with Crippen LogP contribution in [-0.4, -0.2) is 61.5 Å². The monoisotopic (exact) mass is 322 g/mol. The second-order valence-corrected chi connectivity index (χ2v) is 5.95. The van der Waals surface area contributed by atoms with E-state index in [2.05, 4.69) is 0 Å². The van der Waals surface area contributed by atoms with Gasteiger partial charge in [-0.3, -0.25) is 9.59 Å². The molecule has 1 saturated heterocycles. The summed E-state index contributed by atoms with van der Waals surface area (Å²) in [6.45, 7) is 1.54. The fraction of sp³-hybridized carbons (Fsp3) is 0.529. The van der Waals surface area contributed by atoms with Gasteiger partial charge in [0.05, 0.1) is 12.7 Å². The van der Waals surface area contributed by atoms with Gasteiger partial charge in [0.25, 0.3) is 0 Å². The van der Waals surface area contributed by atoms with E-state index in [4.69, 9.17) is 4.74 Å². The fourth-order valence-corrected chi connectivity index (χ4v) is 2.55. The number of rotatable bonds is 5. The van der Waals surface area contributed by atoms with Gasteiger partial charge < -0.3 is 14.5 Å². The van der Waals surface area contributed by atoms with Crippen LogP contribution in [0.2, 0.25) is 0 Å².